The Morgan fingerprint density at radius 3 is 2.38 bits per heavy atom. The second kappa shape index (κ2) is 7.99. The molecule has 4 heteroatoms. The van der Waals surface area contributed by atoms with E-state index in [0.29, 0.717) is 0 Å². The molecule has 0 aliphatic rings. The first-order valence-electron chi connectivity index (χ1n) is 7.00. The molecule has 2 nitrogen and oxygen atoms in total. The smallest absolute Gasteiger partial charge is 0.0345 e. The Labute approximate surface area is 139 Å². The summed E-state index contributed by atoms with van der Waals surface area (Å²) in [6, 6.07) is 15.0. The lowest BCUT2D eigenvalue weighted by Gasteiger charge is -2.18. The largest absolute Gasteiger partial charge is 0.271 e. The fourth-order valence-electron chi connectivity index (χ4n) is 2.34. The average Bonchev–Trinajstić information content (AvgIpc) is 2.48. The van der Waals surface area contributed by atoms with E-state index in [9.17, 15) is 0 Å². The van der Waals surface area contributed by atoms with Crippen molar-refractivity contribution < 1.29 is 0 Å². The van der Waals surface area contributed by atoms with Crippen molar-refractivity contribution >= 4 is 27.7 Å². The number of halogens is 1. The zero-order valence-electron chi connectivity index (χ0n) is 12.4. The SMILES string of the molecule is Cc1cccc(C)c1CC(CSc1ccccc1Br)NN. The van der Waals surface area contributed by atoms with Crippen LogP contribution in [0.25, 0.3) is 0 Å². The molecule has 0 heterocycles. The third kappa shape index (κ3) is 4.58. The summed E-state index contributed by atoms with van der Waals surface area (Å²) >= 11 is 5.41. The summed E-state index contributed by atoms with van der Waals surface area (Å²) in [5.41, 5.74) is 7.02. The molecule has 0 aliphatic heterocycles. The van der Waals surface area contributed by atoms with Crippen molar-refractivity contribution in [3.63, 3.8) is 0 Å². The Bertz CT molecular complexity index is 581. The highest BCUT2D eigenvalue weighted by molar-refractivity contribution is 9.10. The van der Waals surface area contributed by atoms with Gasteiger partial charge in [0, 0.05) is 21.2 Å². The van der Waals surface area contributed by atoms with Gasteiger partial charge in [-0.05, 0) is 65.0 Å². The van der Waals surface area contributed by atoms with Crippen LogP contribution in [-0.2, 0) is 6.42 Å². The van der Waals surface area contributed by atoms with Gasteiger partial charge in [0.25, 0.3) is 0 Å². The summed E-state index contributed by atoms with van der Waals surface area (Å²) in [5, 5.41) is 0. The number of nitrogens with two attached hydrogens (primary N) is 1. The standard InChI is InChI=1S/C17H21BrN2S/c1-12-6-5-7-13(2)15(12)10-14(20-19)11-21-17-9-4-3-8-16(17)18/h3-9,14,20H,10-11,19H2,1-2H3. The van der Waals surface area contributed by atoms with E-state index >= 15 is 0 Å². The summed E-state index contributed by atoms with van der Waals surface area (Å²) in [6.45, 7) is 4.33. The van der Waals surface area contributed by atoms with E-state index in [4.69, 9.17) is 5.84 Å². The first-order valence-corrected chi connectivity index (χ1v) is 8.78. The summed E-state index contributed by atoms with van der Waals surface area (Å²) < 4.78 is 1.14. The molecule has 0 aliphatic carbocycles. The van der Waals surface area contributed by atoms with Gasteiger partial charge in [0.05, 0.1) is 0 Å². The fraction of sp³-hybridized carbons (Fsp3) is 0.294. The van der Waals surface area contributed by atoms with Gasteiger partial charge in [-0.2, -0.15) is 0 Å². The van der Waals surface area contributed by atoms with Crippen molar-refractivity contribution in [1.29, 1.82) is 0 Å². The predicted molar refractivity (Wildman–Crippen MR) is 95.6 cm³/mol. The molecule has 0 bridgehead atoms. The quantitative estimate of drug-likeness (QED) is 0.457. The van der Waals surface area contributed by atoms with E-state index in [0.717, 1.165) is 16.6 Å². The van der Waals surface area contributed by atoms with Gasteiger partial charge >= 0.3 is 0 Å². The minimum absolute atomic E-state index is 0.252. The van der Waals surface area contributed by atoms with Gasteiger partial charge in [-0.15, -0.1) is 11.8 Å². The summed E-state index contributed by atoms with van der Waals surface area (Å²) in [4.78, 5) is 1.25. The molecule has 112 valence electrons. The van der Waals surface area contributed by atoms with Gasteiger partial charge in [0.2, 0.25) is 0 Å². The van der Waals surface area contributed by atoms with E-state index in [1.54, 1.807) is 0 Å². The predicted octanol–water partition coefficient (Wildman–Crippen LogP) is 4.23. The first kappa shape index (κ1) is 16.6. The first-order chi connectivity index (χ1) is 10.1. The van der Waals surface area contributed by atoms with Crippen LogP contribution >= 0.6 is 27.7 Å². The van der Waals surface area contributed by atoms with Crippen molar-refractivity contribution in [2.24, 2.45) is 5.84 Å². The Kier molecular flexibility index (Phi) is 6.30. The molecule has 0 saturated carbocycles. The summed E-state index contributed by atoms with van der Waals surface area (Å²) in [7, 11) is 0. The molecule has 0 fully saturated rings. The minimum Gasteiger partial charge on any atom is -0.271 e. The Morgan fingerprint density at radius 2 is 1.76 bits per heavy atom. The number of hydrogen-bond acceptors (Lipinski definition) is 3. The molecule has 0 aromatic heterocycles. The van der Waals surface area contributed by atoms with E-state index in [2.05, 4.69) is 71.6 Å². The zero-order chi connectivity index (χ0) is 15.2. The molecule has 1 atom stereocenters. The highest BCUT2D eigenvalue weighted by Gasteiger charge is 2.12. The molecule has 2 aromatic rings. The van der Waals surface area contributed by atoms with Crippen LogP contribution in [0.3, 0.4) is 0 Å². The topological polar surface area (TPSA) is 38.0 Å². The normalized spacial score (nSPS) is 12.4. The van der Waals surface area contributed by atoms with Gasteiger partial charge in [-0.1, -0.05) is 30.3 Å². The minimum atomic E-state index is 0.252. The molecule has 0 amide bonds. The molecule has 2 rings (SSSR count). The summed E-state index contributed by atoms with van der Waals surface area (Å²) in [6.07, 6.45) is 0.951. The van der Waals surface area contributed by atoms with Crippen LogP contribution in [0.2, 0.25) is 0 Å². The third-order valence-electron chi connectivity index (χ3n) is 3.61. The molecular formula is C17H21BrN2S. The number of rotatable bonds is 6. The fourth-order valence-corrected chi connectivity index (χ4v) is 3.94. The molecule has 21 heavy (non-hydrogen) atoms. The van der Waals surface area contributed by atoms with Crippen LogP contribution in [0.15, 0.2) is 51.8 Å². The number of nitrogens with one attached hydrogen (secondary N) is 1. The lowest BCUT2D eigenvalue weighted by atomic mass is 9.97. The van der Waals surface area contributed by atoms with Crippen LogP contribution in [0.5, 0.6) is 0 Å². The van der Waals surface area contributed by atoms with Crippen LogP contribution in [0.1, 0.15) is 16.7 Å². The van der Waals surface area contributed by atoms with E-state index in [-0.39, 0.29) is 6.04 Å². The lowest BCUT2D eigenvalue weighted by Crippen LogP contribution is -2.39. The van der Waals surface area contributed by atoms with Gasteiger partial charge in [-0.25, -0.2) is 0 Å². The second-order valence-electron chi connectivity index (χ2n) is 5.18. The summed E-state index contributed by atoms with van der Waals surface area (Å²) in [5.74, 6) is 6.69. The molecule has 0 spiro atoms. The Hall–Kier alpha value is -0.810. The van der Waals surface area contributed by atoms with Crippen LogP contribution in [0, 0.1) is 13.8 Å². The van der Waals surface area contributed by atoms with Crippen molar-refractivity contribution in [2.75, 3.05) is 5.75 Å². The van der Waals surface area contributed by atoms with Crippen LogP contribution in [0.4, 0.5) is 0 Å². The molecule has 1 unspecified atom stereocenters. The molecular weight excluding hydrogens is 344 g/mol. The van der Waals surface area contributed by atoms with Gasteiger partial charge in [-0.3, -0.25) is 11.3 Å². The number of hydrogen-bond donors (Lipinski definition) is 2. The molecule has 3 N–H and O–H groups in total. The maximum absolute atomic E-state index is 5.75. The van der Waals surface area contributed by atoms with Gasteiger partial charge < -0.3 is 0 Å². The van der Waals surface area contributed by atoms with Crippen LogP contribution in [-0.4, -0.2) is 11.8 Å². The molecule has 0 radical (unpaired) electrons. The number of benzene rings is 2. The van der Waals surface area contributed by atoms with Crippen LogP contribution < -0.4 is 11.3 Å². The maximum Gasteiger partial charge on any atom is 0.0345 e. The Morgan fingerprint density at radius 1 is 1.10 bits per heavy atom. The molecule has 2 aromatic carbocycles. The van der Waals surface area contributed by atoms with Gasteiger partial charge in [0.1, 0.15) is 0 Å². The highest BCUT2D eigenvalue weighted by atomic mass is 79.9. The second-order valence-corrected chi connectivity index (χ2v) is 7.10. The van der Waals surface area contributed by atoms with E-state index in [1.807, 2.05) is 17.8 Å². The Balaban J connectivity index is 2.02. The van der Waals surface area contributed by atoms with E-state index in [1.165, 1.54) is 21.6 Å². The average molecular weight is 365 g/mol. The van der Waals surface area contributed by atoms with Gasteiger partial charge in [0.15, 0.2) is 0 Å². The van der Waals surface area contributed by atoms with E-state index < -0.39 is 0 Å². The van der Waals surface area contributed by atoms with Crippen molar-refractivity contribution in [3.8, 4) is 0 Å². The van der Waals surface area contributed by atoms with Crippen molar-refractivity contribution in [2.45, 2.75) is 31.2 Å². The number of thioether (sulfide) groups is 1. The monoisotopic (exact) mass is 364 g/mol. The molecule has 0 saturated heterocycles. The highest BCUT2D eigenvalue weighted by Crippen LogP contribution is 2.28. The third-order valence-corrected chi connectivity index (χ3v) is 5.80. The number of aryl methyl sites for hydroxylation is 2. The van der Waals surface area contributed by atoms with Crippen molar-refractivity contribution in [1.82, 2.24) is 5.43 Å². The zero-order valence-corrected chi connectivity index (χ0v) is 14.8. The number of hydrazine groups is 1. The maximum atomic E-state index is 5.75. The lowest BCUT2D eigenvalue weighted by molar-refractivity contribution is 0.573. The van der Waals surface area contributed by atoms with Crippen molar-refractivity contribution in [3.05, 3.63) is 63.6 Å².